The number of fused-ring (bicyclic) bond motifs is 1. The molecule has 0 spiro atoms. The Balaban J connectivity index is 1.65. The maximum Gasteiger partial charge on any atom is 0.328 e. The van der Waals surface area contributed by atoms with E-state index in [9.17, 15) is 4.79 Å². The summed E-state index contributed by atoms with van der Waals surface area (Å²) in [4.78, 5) is 23.4. The van der Waals surface area contributed by atoms with Gasteiger partial charge in [0.1, 0.15) is 11.8 Å². The lowest BCUT2D eigenvalue weighted by Crippen LogP contribution is -2.19. The first-order chi connectivity index (χ1) is 9.83. The molecule has 1 saturated heterocycles. The predicted octanol–water partition coefficient (Wildman–Crippen LogP) is 1.05. The molecule has 0 bridgehead atoms. The average molecular weight is 275 g/mol. The van der Waals surface area contributed by atoms with Crippen molar-refractivity contribution in [2.24, 2.45) is 0 Å². The summed E-state index contributed by atoms with van der Waals surface area (Å²) in [6, 6.07) is 0.303. The van der Waals surface area contributed by atoms with Gasteiger partial charge in [-0.05, 0) is 25.7 Å². The minimum atomic E-state index is -0.0943. The fourth-order valence-corrected chi connectivity index (χ4v) is 2.76. The maximum absolute atomic E-state index is 12.0. The zero-order valence-electron chi connectivity index (χ0n) is 11.1. The van der Waals surface area contributed by atoms with Crippen LogP contribution in [0, 0.1) is 0 Å². The van der Waals surface area contributed by atoms with E-state index in [2.05, 4.69) is 20.3 Å². The molecule has 2 aromatic rings. The van der Waals surface area contributed by atoms with Crippen LogP contribution >= 0.6 is 0 Å². The Hall–Kier alpha value is -1.89. The number of nitrogens with zero attached hydrogens (tertiary/aromatic N) is 3. The van der Waals surface area contributed by atoms with Crippen molar-refractivity contribution < 1.29 is 4.74 Å². The van der Waals surface area contributed by atoms with Gasteiger partial charge in [-0.3, -0.25) is 4.57 Å². The fraction of sp³-hybridized carbons (Fsp3) is 0.615. The second-order valence-corrected chi connectivity index (χ2v) is 5.47. The monoisotopic (exact) mass is 275 g/mol. The number of ether oxygens (including phenoxy) is 1. The number of anilines is 1. The van der Waals surface area contributed by atoms with Crippen LogP contribution in [0.3, 0.4) is 0 Å². The van der Waals surface area contributed by atoms with Gasteiger partial charge >= 0.3 is 5.69 Å². The van der Waals surface area contributed by atoms with E-state index in [0.717, 1.165) is 32.3 Å². The number of H-pyrrole nitrogens is 1. The summed E-state index contributed by atoms with van der Waals surface area (Å²) in [5.41, 5.74) is 1.30. The molecule has 1 aliphatic heterocycles. The van der Waals surface area contributed by atoms with Crippen molar-refractivity contribution in [2.75, 3.05) is 18.5 Å². The topological polar surface area (TPSA) is 84.8 Å². The summed E-state index contributed by atoms with van der Waals surface area (Å²) in [7, 11) is 0. The van der Waals surface area contributed by atoms with E-state index < -0.39 is 0 Å². The minimum absolute atomic E-state index is 0.0943. The van der Waals surface area contributed by atoms with Crippen molar-refractivity contribution in [2.45, 2.75) is 37.8 Å². The fourth-order valence-electron chi connectivity index (χ4n) is 2.76. The van der Waals surface area contributed by atoms with Crippen LogP contribution < -0.4 is 11.0 Å². The molecule has 1 atom stereocenters. The molecule has 3 heterocycles. The molecule has 20 heavy (non-hydrogen) atoms. The van der Waals surface area contributed by atoms with Crippen LogP contribution in [0.1, 0.15) is 31.7 Å². The van der Waals surface area contributed by atoms with Crippen LogP contribution in [0.15, 0.2) is 11.1 Å². The lowest BCUT2D eigenvalue weighted by atomic mass is 10.2. The molecular formula is C13H17N5O2. The molecule has 7 heteroatoms. The number of hydrogen-bond donors (Lipinski definition) is 2. The van der Waals surface area contributed by atoms with Crippen molar-refractivity contribution in [3.8, 4) is 0 Å². The molecule has 0 radical (unpaired) electrons. The standard InChI is InChI=1S/C13H17N5O2/c19-13-17-10-11(14-6-9-2-1-5-20-9)15-7-16-12(10)18(13)8-3-4-8/h7-9H,1-6H2,(H,17,19)(H,14,15,16). The van der Waals surface area contributed by atoms with E-state index in [1.165, 1.54) is 6.33 Å². The third-order valence-corrected chi connectivity index (χ3v) is 3.94. The molecular weight excluding hydrogens is 258 g/mol. The molecule has 4 rings (SSSR count). The highest BCUT2D eigenvalue weighted by molar-refractivity contribution is 5.82. The van der Waals surface area contributed by atoms with Crippen LogP contribution in [-0.2, 0) is 4.74 Å². The van der Waals surface area contributed by atoms with E-state index >= 15 is 0 Å². The molecule has 2 N–H and O–H groups in total. The molecule has 7 nitrogen and oxygen atoms in total. The van der Waals surface area contributed by atoms with Crippen molar-refractivity contribution in [1.82, 2.24) is 19.5 Å². The van der Waals surface area contributed by atoms with Gasteiger partial charge in [0, 0.05) is 19.2 Å². The maximum atomic E-state index is 12.0. The summed E-state index contributed by atoms with van der Waals surface area (Å²) in [5.74, 6) is 0.682. The number of hydrogen-bond acceptors (Lipinski definition) is 5. The number of imidazole rings is 1. The Labute approximate surface area is 115 Å². The summed E-state index contributed by atoms with van der Waals surface area (Å²) in [6.07, 6.45) is 6.02. The first-order valence-electron chi connectivity index (χ1n) is 7.13. The molecule has 0 amide bonds. The molecule has 2 fully saturated rings. The van der Waals surface area contributed by atoms with E-state index in [1.807, 2.05) is 0 Å². The molecule has 0 aromatic carbocycles. The Bertz CT molecular complexity index is 682. The quantitative estimate of drug-likeness (QED) is 0.871. The number of aromatic nitrogens is 4. The van der Waals surface area contributed by atoms with Gasteiger partial charge in [-0.2, -0.15) is 0 Å². The van der Waals surface area contributed by atoms with Crippen molar-refractivity contribution in [1.29, 1.82) is 0 Å². The van der Waals surface area contributed by atoms with E-state index in [1.54, 1.807) is 4.57 Å². The van der Waals surface area contributed by atoms with Gasteiger partial charge in [-0.1, -0.05) is 0 Å². The number of aromatic amines is 1. The lowest BCUT2D eigenvalue weighted by molar-refractivity contribution is 0.120. The highest BCUT2D eigenvalue weighted by Gasteiger charge is 2.28. The Kier molecular flexibility index (Phi) is 2.73. The molecule has 106 valence electrons. The first-order valence-corrected chi connectivity index (χ1v) is 7.13. The summed E-state index contributed by atoms with van der Waals surface area (Å²) in [6.45, 7) is 1.54. The van der Waals surface area contributed by atoms with Crippen LogP contribution in [0.4, 0.5) is 5.82 Å². The predicted molar refractivity (Wildman–Crippen MR) is 73.9 cm³/mol. The first kappa shape index (κ1) is 11.9. The van der Waals surface area contributed by atoms with Gasteiger partial charge in [-0.15, -0.1) is 0 Å². The number of nitrogens with one attached hydrogen (secondary N) is 2. The van der Waals surface area contributed by atoms with Gasteiger partial charge < -0.3 is 15.0 Å². The second-order valence-electron chi connectivity index (χ2n) is 5.47. The summed E-state index contributed by atoms with van der Waals surface area (Å²) < 4.78 is 7.33. The smallest absolute Gasteiger partial charge is 0.328 e. The van der Waals surface area contributed by atoms with Gasteiger partial charge in [0.2, 0.25) is 0 Å². The molecule has 2 aliphatic rings. The third kappa shape index (κ3) is 1.98. The van der Waals surface area contributed by atoms with E-state index in [0.29, 0.717) is 29.6 Å². The summed E-state index contributed by atoms with van der Waals surface area (Å²) in [5, 5.41) is 3.27. The van der Waals surface area contributed by atoms with Gasteiger partial charge in [0.15, 0.2) is 11.5 Å². The Morgan fingerprint density at radius 1 is 1.40 bits per heavy atom. The average Bonchev–Trinajstić information content (AvgIpc) is 3.02. The normalized spacial score (nSPS) is 22.5. The Morgan fingerprint density at radius 2 is 2.30 bits per heavy atom. The van der Waals surface area contributed by atoms with Crippen molar-refractivity contribution in [3.63, 3.8) is 0 Å². The summed E-state index contributed by atoms with van der Waals surface area (Å²) >= 11 is 0. The van der Waals surface area contributed by atoms with Gasteiger partial charge in [0.25, 0.3) is 0 Å². The lowest BCUT2D eigenvalue weighted by Gasteiger charge is -2.11. The second kappa shape index (κ2) is 4.59. The zero-order chi connectivity index (χ0) is 13.5. The van der Waals surface area contributed by atoms with Crippen molar-refractivity contribution in [3.05, 3.63) is 16.8 Å². The molecule has 1 saturated carbocycles. The number of rotatable bonds is 4. The van der Waals surface area contributed by atoms with E-state index in [4.69, 9.17) is 4.74 Å². The van der Waals surface area contributed by atoms with Gasteiger partial charge in [0.05, 0.1) is 6.10 Å². The Morgan fingerprint density at radius 3 is 3.05 bits per heavy atom. The molecule has 2 aromatic heterocycles. The van der Waals surface area contributed by atoms with Crippen LogP contribution in [0.5, 0.6) is 0 Å². The van der Waals surface area contributed by atoms with E-state index in [-0.39, 0.29) is 11.8 Å². The van der Waals surface area contributed by atoms with Crippen LogP contribution in [-0.4, -0.2) is 38.8 Å². The molecule has 1 unspecified atom stereocenters. The van der Waals surface area contributed by atoms with Crippen molar-refractivity contribution >= 4 is 17.0 Å². The third-order valence-electron chi connectivity index (χ3n) is 3.94. The van der Waals surface area contributed by atoms with Crippen LogP contribution in [0.2, 0.25) is 0 Å². The largest absolute Gasteiger partial charge is 0.376 e. The van der Waals surface area contributed by atoms with Gasteiger partial charge in [-0.25, -0.2) is 14.8 Å². The van der Waals surface area contributed by atoms with Crippen LogP contribution in [0.25, 0.3) is 11.2 Å². The minimum Gasteiger partial charge on any atom is -0.376 e. The highest BCUT2D eigenvalue weighted by atomic mass is 16.5. The zero-order valence-corrected chi connectivity index (χ0v) is 11.1. The highest BCUT2D eigenvalue weighted by Crippen LogP contribution is 2.35. The molecule has 1 aliphatic carbocycles. The SMILES string of the molecule is O=c1[nH]c2c(NCC3CCCO3)ncnc2n1C1CC1.